The number of ether oxygens (including phenoxy) is 1. The van der Waals surface area contributed by atoms with Crippen molar-refractivity contribution in [2.75, 3.05) is 18.0 Å². The maximum Gasteiger partial charge on any atom is 0.416 e. The summed E-state index contributed by atoms with van der Waals surface area (Å²) >= 11 is 0. The van der Waals surface area contributed by atoms with Gasteiger partial charge in [-0.2, -0.15) is 31.3 Å². The molecule has 0 aliphatic carbocycles. The molecule has 3 aromatic carbocycles. The van der Waals surface area contributed by atoms with E-state index in [-0.39, 0.29) is 13.1 Å². The summed E-state index contributed by atoms with van der Waals surface area (Å²) in [6.07, 6.45) is -10.8. The van der Waals surface area contributed by atoms with E-state index >= 15 is 0 Å². The Balaban J connectivity index is 0.000000300. The molecule has 0 bridgehead atoms. The van der Waals surface area contributed by atoms with Gasteiger partial charge in [0.25, 0.3) is 9.05 Å². The number of anilines is 1. The molecule has 47 heavy (non-hydrogen) atoms. The first kappa shape index (κ1) is 35.7. The quantitative estimate of drug-likeness (QED) is 0.179. The number of cyclic esters (lactones) is 1. The summed E-state index contributed by atoms with van der Waals surface area (Å²) in [5, 5.41) is 3.81. The lowest BCUT2D eigenvalue weighted by molar-refractivity contribution is -0.138. The summed E-state index contributed by atoms with van der Waals surface area (Å²) in [4.78, 5) is 16.6. The number of nitrogens with zero attached hydrogens (tertiary/aromatic N) is 3. The molecule has 1 N–H and O–H groups in total. The Morgan fingerprint density at radius 1 is 0.894 bits per heavy atom. The summed E-state index contributed by atoms with van der Waals surface area (Å²) in [6.45, 7) is 1.40. The molecule has 5 rings (SSSR count). The fourth-order valence-electron chi connectivity index (χ4n) is 4.00. The summed E-state index contributed by atoms with van der Waals surface area (Å²) in [5.74, 6) is 0.803. The minimum absolute atomic E-state index is 0.0462. The van der Waals surface area contributed by atoms with Crippen LogP contribution in [0.25, 0.3) is 11.4 Å². The monoisotopic (exact) mass is 726 g/mol. The van der Waals surface area contributed by atoms with Gasteiger partial charge < -0.3 is 9.26 Å². The van der Waals surface area contributed by atoms with Crippen molar-refractivity contribution in [3.63, 3.8) is 0 Å². The normalized spacial score (nSPS) is 15.6. The van der Waals surface area contributed by atoms with Crippen LogP contribution in [-0.4, -0.2) is 52.3 Å². The van der Waals surface area contributed by atoms with Crippen LogP contribution in [0.2, 0.25) is 0 Å². The number of halogens is 7. The molecule has 1 aliphatic rings. The van der Waals surface area contributed by atoms with Crippen LogP contribution in [0.4, 0.5) is 36.8 Å². The van der Waals surface area contributed by atoms with Gasteiger partial charge in [-0.15, -0.1) is 0 Å². The van der Waals surface area contributed by atoms with Gasteiger partial charge in [-0.25, -0.2) is 26.4 Å². The number of sulfonamides is 1. The van der Waals surface area contributed by atoms with Gasteiger partial charge in [0.05, 0.1) is 27.5 Å². The first-order valence-corrected chi connectivity index (χ1v) is 16.7. The third-order valence-electron chi connectivity index (χ3n) is 6.25. The van der Waals surface area contributed by atoms with E-state index < -0.39 is 64.5 Å². The van der Waals surface area contributed by atoms with Crippen molar-refractivity contribution in [1.29, 1.82) is 0 Å². The molecular formula is C27H21ClF6N4O7S2. The van der Waals surface area contributed by atoms with Crippen LogP contribution in [0.1, 0.15) is 17.0 Å². The van der Waals surface area contributed by atoms with Crippen LogP contribution < -0.4 is 9.62 Å². The Bertz CT molecular complexity index is 1970. The molecule has 1 amide bonds. The third kappa shape index (κ3) is 9.21. The lowest BCUT2D eigenvalue weighted by Gasteiger charge is -2.14. The fraction of sp³-hybridized carbons (Fsp3) is 0.222. The number of carbonyl (C=O) groups excluding carboxylic acids is 1. The van der Waals surface area contributed by atoms with E-state index in [2.05, 4.69) is 14.9 Å². The average Bonchev–Trinajstić information content (AvgIpc) is 3.60. The molecule has 252 valence electrons. The number of nitrogens with one attached hydrogen (secondary N) is 1. The molecular weight excluding hydrogens is 706 g/mol. The van der Waals surface area contributed by atoms with E-state index in [0.29, 0.717) is 35.1 Å². The average molecular weight is 727 g/mol. The zero-order valence-electron chi connectivity index (χ0n) is 23.6. The smallest absolute Gasteiger partial charge is 0.416 e. The maximum absolute atomic E-state index is 12.9. The van der Waals surface area contributed by atoms with Crippen molar-refractivity contribution in [1.82, 2.24) is 14.9 Å². The van der Waals surface area contributed by atoms with Gasteiger partial charge >= 0.3 is 18.4 Å². The summed E-state index contributed by atoms with van der Waals surface area (Å²) in [7, 11) is -3.47. The van der Waals surface area contributed by atoms with Crippen molar-refractivity contribution in [3.8, 4) is 11.4 Å². The molecule has 20 heteroatoms. The van der Waals surface area contributed by atoms with Gasteiger partial charge in [0, 0.05) is 35.4 Å². The number of aryl methyl sites for hydroxylation is 1. The van der Waals surface area contributed by atoms with E-state index in [1.165, 1.54) is 4.90 Å². The summed E-state index contributed by atoms with van der Waals surface area (Å²) < 4.78 is 134. The first-order chi connectivity index (χ1) is 21.7. The number of hydrogen-bond donors (Lipinski definition) is 1. The second kappa shape index (κ2) is 13.5. The number of amides is 1. The van der Waals surface area contributed by atoms with Crippen molar-refractivity contribution < 1.29 is 57.2 Å². The molecule has 1 aliphatic heterocycles. The van der Waals surface area contributed by atoms with Gasteiger partial charge in [0.2, 0.25) is 21.7 Å². The highest BCUT2D eigenvalue weighted by Crippen LogP contribution is 2.32. The molecule has 0 spiro atoms. The Hall–Kier alpha value is -4.20. The zero-order chi connectivity index (χ0) is 34.8. The highest BCUT2D eigenvalue weighted by atomic mass is 35.7. The highest BCUT2D eigenvalue weighted by molar-refractivity contribution is 8.13. The van der Waals surface area contributed by atoms with Crippen LogP contribution >= 0.6 is 10.7 Å². The largest absolute Gasteiger partial charge is 0.443 e. The molecule has 4 aromatic rings. The van der Waals surface area contributed by atoms with Crippen molar-refractivity contribution >= 4 is 41.5 Å². The maximum atomic E-state index is 12.9. The van der Waals surface area contributed by atoms with Crippen LogP contribution in [0.3, 0.4) is 0 Å². The van der Waals surface area contributed by atoms with E-state index in [0.717, 1.165) is 36.4 Å². The minimum atomic E-state index is -4.68. The van der Waals surface area contributed by atoms with Crippen LogP contribution in [0.5, 0.6) is 0 Å². The van der Waals surface area contributed by atoms with Crippen LogP contribution in [0.15, 0.2) is 87.1 Å². The highest BCUT2D eigenvalue weighted by Gasteiger charge is 2.35. The Labute approximate surface area is 267 Å². The third-order valence-corrected chi connectivity index (χ3v) is 9.03. The number of benzene rings is 3. The number of rotatable bonds is 7. The molecule has 0 radical (unpaired) electrons. The van der Waals surface area contributed by atoms with Crippen LogP contribution in [-0.2, 0) is 36.2 Å². The van der Waals surface area contributed by atoms with E-state index in [1.54, 1.807) is 31.2 Å². The number of carbonyl (C=O) groups is 1. The van der Waals surface area contributed by atoms with Crippen molar-refractivity contribution in [3.05, 3.63) is 89.8 Å². The number of aromatic nitrogens is 2. The van der Waals surface area contributed by atoms with Gasteiger partial charge in [-0.1, -0.05) is 17.3 Å². The second-order valence-electron chi connectivity index (χ2n) is 9.64. The van der Waals surface area contributed by atoms with Gasteiger partial charge in [-0.3, -0.25) is 4.90 Å². The number of hydrogen-bond acceptors (Lipinski definition) is 9. The fourth-order valence-corrected chi connectivity index (χ4v) is 5.90. The standard InChI is InChI=1S/C20H17F3N4O5S.C7H4ClF3O2S/c1-12-25-18(26-32-12)13-5-7-15(8-6-13)27-11-16(31-19(27)28)10-24-33(29,30)17-4-2-3-14(9-17)20(21,22)23;8-14(12,13)6-3-1-2-5(4-6)7(9,10)11/h2-9,16,24H,10-11H2,1H3;1-4H. The topological polar surface area (TPSA) is 149 Å². The van der Waals surface area contributed by atoms with Crippen molar-refractivity contribution in [2.45, 2.75) is 35.2 Å². The predicted molar refractivity (Wildman–Crippen MR) is 153 cm³/mol. The van der Waals surface area contributed by atoms with E-state index in [9.17, 15) is 48.0 Å². The Kier molecular flexibility index (Phi) is 10.2. The SMILES string of the molecule is Cc1nc(-c2ccc(N3CC(CNS(=O)(=O)c4cccc(C(F)(F)F)c4)OC3=O)cc2)no1.O=S(=O)(Cl)c1cccc(C(F)(F)F)c1. The minimum Gasteiger partial charge on any atom is -0.443 e. The van der Waals surface area contributed by atoms with Crippen LogP contribution in [0, 0.1) is 6.92 Å². The predicted octanol–water partition coefficient (Wildman–Crippen LogP) is 6.00. The Morgan fingerprint density at radius 3 is 1.96 bits per heavy atom. The summed E-state index contributed by atoms with van der Waals surface area (Å²) in [5.41, 5.74) is -0.941. The zero-order valence-corrected chi connectivity index (χ0v) is 26.0. The Morgan fingerprint density at radius 2 is 1.45 bits per heavy atom. The molecule has 2 heterocycles. The first-order valence-electron chi connectivity index (χ1n) is 12.9. The molecule has 11 nitrogen and oxygen atoms in total. The molecule has 1 aromatic heterocycles. The lowest BCUT2D eigenvalue weighted by Crippen LogP contribution is -2.34. The molecule has 0 saturated carbocycles. The van der Waals surface area contributed by atoms with E-state index in [1.807, 2.05) is 0 Å². The van der Waals surface area contributed by atoms with Gasteiger partial charge in [0.15, 0.2) is 0 Å². The lowest BCUT2D eigenvalue weighted by atomic mass is 10.2. The van der Waals surface area contributed by atoms with Gasteiger partial charge in [-0.05, 0) is 60.7 Å². The van der Waals surface area contributed by atoms with Crippen molar-refractivity contribution in [2.24, 2.45) is 0 Å². The number of alkyl halides is 6. The molecule has 1 atom stereocenters. The van der Waals surface area contributed by atoms with E-state index in [4.69, 9.17) is 19.9 Å². The molecule has 1 unspecified atom stereocenters. The molecule has 1 fully saturated rings. The summed E-state index contributed by atoms with van der Waals surface area (Å²) in [6, 6.07) is 13.3. The second-order valence-corrected chi connectivity index (χ2v) is 14.0. The van der Waals surface area contributed by atoms with Gasteiger partial charge in [0.1, 0.15) is 6.10 Å². The molecule has 1 saturated heterocycles.